The molecule has 0 fully saturated rings. The number of aryl methyl sites for hydroxylation is 3. The number of hydrogen-bond donors (Lipinski definition) is 2. The number of anilines is 1. The second kappa shape index (κ2) is 9.72. The summed E-state index contributed by atoms with van der Waals surface area (Å²) >= 11 is 0. The van der Waals surface area contributed by atoms with Crippen molar-refractivity contribution in [3.05, 3.63) is 77.6 Å². The van der Waals surface area contributed by atoms with Gasteiger partial charge in [-0.25, -0.2) is 18.1 Å². The average Bonchev–Trinajstić information content (AvgIpc) is 3.26. The van der Waals surface area contributed by atoms with Crippen LogP contribution in [0.15, 0.2) is 65.8 Å². The van der Waals surface area contributed by atoms with Gasteiger partial charge >= 0.3 is 6.18 Å². The van der Waals surface area contributed by atoms with Crippen LogP contribution in [0.2, 0.25) is 0 Å². The second-order valence-electron chi connectivity index (χ2n) is 8.83. The Morgan fingerprint density at radius 1 is 1.03 bits per heavy atom. The van der Waals surface area contributed by atoms with Crippen molar-refractivity contribution < 1.29 is 31.4 Å². The van der Waals surface area contributed by atoms with Crippen molar-refractivity contribution in [2.45, 2.75) is 37.4 Å². The van der Waals surface area contributed by atoms with Gasteiger partial charge in [0.25, 0.3) is 10.0 Å². The van der Waals surface area contributed by atoms with Crippen molar-refractivity contribution in [2.75, 3.05) is 4.72 Å². The van der Waals surface area contributed by atoms with Gasteiger partial charge in [-0.15, -0.1) is 0 Å². The lowest BCUT2D eigenvalue weighted by Gasteiger charge is -2.26. The smallest absolute Gasteiger partial charge is 0.421 e. The van der Waals surface area contributed by atoms with Gasteiger partial charge in [0.15, 0.2) is 5.60 Å². The summed E-state index contributed by atoms with van der Waals surface area (Å²) in [5.74, 6) is -0.226. The van der Waals surface area contributed by atoms with Gasteiger partial charge in [-0.2, -0.15) is 23.3 Å². The molecule has 0 aliphatic heterocycles. The predicted octanol–water partition coefficient (Wildman–Crippen LogP) is 4.86. The molecule has 0 aliphatic rings. The summed E-state index contributed by atoms with van der Waals surface area (Å²) in [5.41, 5.74) is -0.581. The first-order chi connectivity index (χ1) is 17.7. The Bertz CT molecular complexity index is 1560. The Balaban J connectivity index is 1.74. The van der Waals surface area contributed by atoms with Crippen molar-refractivity contribution >= 4 is 16.0 Å². The predicted molar refractivity (Wildman–Crippen MR) is 133 cm³/mol. The quantitative estimate of drug-likeness (QED) is 0.339. The molecule has 2 N–H and O–H groups in total. The standard InChI is InChI=1S/C25H24F3N5O4S/c1-15-6-5-7-16(2)22(15)20-12-21(31-23(30-20)32-38(35,36)19-13-29-33(4)14-19)37-18-10-8-17(9-11-18)24(3,34)25(26,27)28/h5-14,34H,1-4H3,(H,30,31,32). The van der Waals surface area contributed by atoms with Gasteiger partial charge in [0.2, 0.25) is 11.8 Å². The van der Waals surface area contributed by atoms with E-state index in [-0.39, 0.29) is 28.0 Å². The van der Waals surface area contributed by atoms with Crippen LogP contribution in [0, 0.1) is 13.8 Å². The number of alkyl halides is 3. The van der Waals surface area contributed by atoms with Crippen LogP contribution < -0.4 is 9.46 Å². The SMILES string of the molecule is Cc1cccc(C)c1-c1cc(Oc2ccc(C(C)(O)C(F)(F)F)cc2)nc(NS(=O)(=O)c2cnn(C)c2)n1. The Kier molecular flexibility index (Phi) is 6.93. The lowest BCUT2D eigenvalue weighted by atomic mass is 9.95. The monoisotopic (exact) mass is 547 g/mol. The summed E-state index contributed by atoms with van der Waals surface area (Å²) in [5, 5.41) is 13.8. The Morgan fingerprint density at radius 2 is 1.66 bits per heavy atom. The zero-order chi connectivity index (χ0) is 27.9. The molecule has 0 saturated heterocycles. The molecular formula is C25H24F3N5O4S. The first kappa shape index (κ1) is 27.1. The number of aliphatic hydroxyl groups is 1. The lowest BCUT2D eigenvalue weighted by molar-refractivity contribution is -0.258. The number of benzene rings is 2. The number of sulfonamides is 1. The molecule has 200 valence electrons. The zero-order valence-corrected chi connectivity index (χ0v) is 21.6. The van der Waals surface area contributed by atoms with E-state index in [2.05, 4.69) is 19.8 Å². The molecule has 0 aliphatic carbocycles. The van der Waals surface area contributed by atoms with Crippen LogP contribution in [0.5, 0.6) is 11.6 Å². The Hall–Kier alpha value is -3.97. The highest BCUT2D eigenvalue weighted by atomic mass is 32.2. The fraction of sp³-hybridized carbons (Fsp3) is 0.240. The lowest BCUT2D eigenvalue weighted by Crippen LogP contribution is -2.39. The molecule has 1 unspecified atom stereocenters. The maximum absolute atomic E-state index is 13.2. The van der Waals surface area contributed by atoms with E-state index in [0.29, 0.717) is 12.6 Å². The third-order valence-electron chi connectivity index (χ3n) is 5.85. The third kappa shape index (κ3) is 5.48. The summed E-state index contributed by atoms with van der Waals surface area (Å²) in [7, 11) is -2.51. The number of rotatable bonds is 7. The first-order valence-electron chi connectivity index (χ1n) is 11.2. The van der Waals surface area contributed by atoms with E-state index in [4.69, 9.17) is 4.74 Å². The van der Waals surface area contributed by atoms with Crippen molar-refractivity contribution in [1.29, 1.82) is 0 Å². The molecular weight excluding hydrogens is 523 g/mol. The first-order valence-corrected chi connectivity index (χ1v) is 12.7. The van der Waals surface area contributed by atoms with E-state index in [9.17, 15) is 26.7 Å². The molecule has 2 heterocycles. The van der Waals surface area contributed by atoms with Gasteiger partial charge in [-0.1, -0.05) is 30.3 Å². The van der Waals surface area contributed by atoms with E-state index in [0.717, 1.165) is 28.8 Å². The van der Waals surface area contributed by atoms with Crippen LogP contribution in [-0.2, 0) is 22.7 Å². The van der Waals surface area contributed by atoms with Crippen LogP contribution in [0.1, 0.15) is 23.6 Å². The number of hydrogen-bond acceptors (Lipinski definition) is 7. The highest BCUT2D eigenvalue weighted by Gasteiger charge is 2.51. The summed E-state index contributed by atoms with van der Waals surface area (Å²) in [6.45, 7) is 4.40. The van der Waals surface area contributed by atoms with E-state index in [1.165, 1.54) is 35.3 Å². The molecule has 9 nitrogen and oxygen atoms in total. The van der Waals surface area contributed by atoms with Gasteiger partial charge in [0, 0.05) is 24.9 Å². The average molecular weight is 548 g/mol. The summed E-state index contributed by atoms with van der Waals surface area (Å²) in [4.78, 5) is 8.45. The molecule has 0 radical (unpaired) electrons. The van der Waals surface area contributed by atoms with Crippen LogP contribution in [0.4, 0.5) is 19.1 Å². The maximum Gasteiger partial charge on any atom is 0.421 e. The van der Waals surface area contributed by atoms with Gasteiger partial charge in [-0.3, -0.25) is 4.68 Å². The third-order valence-corrected chi connectivity index (χ3v) is 7.13. The Morgan fingerprint density at radius 3 is 2.21 bits per heavy atom. The molecule has 2 aromatic carbocycles. The minimum absolute atomic E-state index is 0.0585. The minimum Gasteiger partial charge on any atom is -0.439 e. The Labute approximate surface area is 217 Å². The minimum atomic E-state index is -4.87. The van der Waals surface area contributed by atoms with Crippen molar-refractivity contribution in [1.82, 2.24) is 19.7 Å². The number of nitrogens with one attached hydrogen (secondary N) is 1. The molecule has 1 atom stereocenters. The highest BCUT2D eigenvalue weighted by Crippen LogP contribution is 2.39. The summed E-state index contributed by atoms with van der Waals surface area (Å²) < 4.78 is 74.7. The van der Waals surface area contributed by atoms with E-state index in [1.807, 2.05) is 32.0 Å². The van der Waals surface area contributed by atoms with E-state index < -0.39 is 21.8 Å². The van der Waals surface area contributed by atoms with Crippen molar-refractivity contribution in [3.63, 3.8) is 0 Å². The number of halogens is 3. The molecule has 38 heavy (non-hydrogen) atoms. The number of nitrogens with zero attached hydrogens (tertiary/aromatic N) is 4. The molecule has 2 aromatic heterocycles. The highest BCUT2D eigenvalue weighted by molar-refractivity contribution is 7.92. The van der Waals surface area contributed by atoms with Crippen LogP contribution in [-0.4, -0.2) is 39.4 Å². The van der Waals surface area contributed by atoms with Crippen LogP contribution >= 0.6 is 0 Å². The molecule has 13 heteroatoms. The normalized spacial score (nSPS) is 13.7. The summed E-state index contributed by atoms with van der Waals surface area (Å²) in [6.07, 6.45) is -2.39. The van der Waals surface area contributed by atoms with Crippen molar-refractivity contribution in [3.8, 4) is 22.9 Å². The molecule has 4 rings (SSSR count). The van der Waals surface area contributed by atoms with Crippen LogP contribution in [0.3, 0.4) is 0 Å². The van der Waals surface area contributed by atoms with Crippen molar-refractivity contribution in [2.24, 2.45) is 7.05 Å². The maximum atomic E-state index is 13.2. The van der Waals surface area contributed by atoms with Crippen LogP contribution in [0.25, 0.3) is 11.3 Å². The molecule has 4 aromatic rings. The number of ether oxygens (including phenoxy) is 1. The molecule has 0 bridgehead atoms. The summed E-state index contributed by atoms with van der Waals surface area (Å²) in [6, 6.07) is 11.8. The van der Waals surface area contributed by atoms with Gasteiger partial charge < -0.3 is 9.84 Å². The fourth-order valence-corrected chi connectivity index (χ4v) is 4.64. The number of aromatic nitrogens is 4. The topological polar surface area (TPSA) is 119 Å². The van der Waals surface area contributed by atoms with Gasteiger partial charge in [-0.05, 0) is 49.6 Å². The fourth-order valence-electron chi connectivity index (χ4n) is 3.72. The second-order valence-corrected chi connectivity index (χ2v) is 10.5. The molecule has 0 saturated carbocycles. The van der Waals surface area contributed by atoms with E-state index in [1.54, 1.807) is 7.05 Å². The zero-order valence-electron chi connectivity index (χ0n) is 20.8. The van der Waals surface area contributed by atoms with Gasteiger partial charge in [0.1, 0.15) is 10.6 Å². The molecule has 0 amide bonds. The van der Waals surface area contributed by atoms with Gasteiger partial charge in [0.05, 0.1) is 11.9 Å². The largest absolute Gasteiger partial charge is 0.439 e. The molecule has 0 spiro atoms. The van der Waals surface area contributed by atoms with E-state index >= 15 is 0 Å².